The van der Waals surface area contributed by atoms with Crippen molar-refractivity contribution in [3.05, 3.63) is 35.9 Å². The van der Waals surface area contributed by atoms with Crippen LogP contribution in [-0.4, -0.2) is 120 Å². The van der Waals surface area contributed by atoms with E-state index in [2.05, 4.69) is 5.32 Å². The molecule has 1 aromatic carbocycles. The lowest BCUT2D eigenvalue weighted by atomic mass is 9.96. The number of nitrogens with one attached hydrogen (secondary N) is 1. The quantitative estimate of drug-likeness (QED) is 0.160. The van der Waals surface area contributed by atoms with Crippen LogP contribution in [0.5, 0.6) is 0 Å². The van der Waals surface area contributed by atoms with Gasteiger partial charge in [-0.2, -0.15) is 0 Å². The summed E-state index contributed by atoms with van der Waals surface area (Å²) in [7, 11) is 0. The molecule has 10 atom stereocenters. The third-order valence-corrected chi connectivity index (χ3v) is 8.79. The van der Waals surface area contributed by atoms with Crippen LogP contribution in [-0.2, 0) is 87.5 Å². The van der Waals surface area contributed by atoms with Crippen LogP contribution in [0, 0.1) is 0 Å². The maximum Gasteiger partial charge on any atom is 0.303 e. The zero-order valence-electron chi connectivity index (χ0n) is 30.5. The minimum absolute atomic E-state index is 0.202. The van der Waals surface area contributed by atoms with E-state index in [-0.39, 0.29) is 4.32 Å². The Bertz CT molecular complexity index is 1530. The fourth-order valence-corrected chi connectivity index (χ4v) is 6.75. The highest BCUT2D eigenvalue weighted by atomic mass is 32.2. The molecule has 20 heteroatoms. The van der Waals surface area contributed by atoms with Crippen molar-refractivity contribution in [3.8, 4) is 0 Å². The molecule has 2 heterocycles. The second kappa shape index (κ2) is 20.9. The minimum atomic E-state index is -1.78. The summed E-state index contributed by atoms with van der Waals surface area (Å²) < 4.78 is 57.1. The molecule has 298 valence electrons. The molecule has 0 spiro atoms. The van der Waals surface area contributed by atoms with Crippen molar-refractivity contribution < 1.29 is 80.9 Å². The molecule has 2 fully saturated rings. The molecule has 0 unspecified atom stereocenters. The monoisotopic (exact) mass is 801 g/mol. The second-order valence-corrected chi connectivity index (χ2v) is 13.7. The summed E-state index contributed by atoms with van der Waals surface area (Å²) in [4.78, 5) is 85.9. The molecular weight excluding hydrogens is 758 g/mol. The highest BCUT2D eigenvalue weighted by Crippen LogP contribution is 2.38. The van der Waals surface area contributed by atoms with Crippen molar-refractivity contribution in [2.24, 2.45) is 0 Å². The number of esters is 7. The minimum Gasteiger partial charge on any atom is -0.463 e. The van der Waals surface area contributed by atoms with Crippen LogP contribution in [0.3, 0.4) is 0 Å². The number of rotatable bonds is 14. The summed E-state index contributed by atoms with van der Waals surface area (Å²) in [6.45, 7) is 6.83. The summed E-state index contributed by atoms with van der Waals surface area (Å²) in [5.74, 6) is -5.78. The Balaban J connectivity index is 2.10. The van der Waals surface area contributed by atoms with E-state index in [0.717, 1.165) is 65.8 Å². The first-order valence-corrected chi connectivity index (χ1v) is 17.8. The van der Waals surface area contributed by atoms with E-state index < -0.39 is 116 Å². The molecule has 1 aromatic rings. The summed E-state index contributed by atoms with van der Waals surface area (Å²) in [6, 6.07) is 9.31. The van der Waals surface area contributed by atoms with Crippen LogP contribution in [0.1, 0.15) is 54.0 Å². The number of hydrogen-bond donors (Lipinski definition) is 1. The average molecular weight is 802 g/mol. The standard InChI is InChI=1S/C34H43NO17S2/c1-16(36)43-14-24-26(45-18(3)38)28(46-19(4)39)30(48-21(6)41)32(50-24)52-27-25(15-44-17(2)37)51-33(31(49-22(7)42)29(27)47-20(5)40)54-34(53)35-13-23-11-9-8-10-12-23/h8-12,24-33H,13-15H2,1-7H3,(H,35,53)/t24-,25-,26-,27-,28+,29+,30-,31-,32+,33+/m1/s1. The third-order valence-electron chi connectivity index (χ3n) is 7.39. The van der Waals surface area contributed by atoms with E-state index in [1.165, 1.54) is 0 Å². The van der Waals surface area contributed by atoms with Gasteiger partial charge in [0.15, 0.2) is 42.2 Å². The molecule has 2 saturated heterocycles. The molecule has 2 aliphatic heterocycles. The molecular formula is C34H43NO17S2. The zero-order chi connectivity index (χ0) is 40.1. The van der Waals surface area contributed by atoms with Crippen molar-refractivity contribution in [2.75, 3.05) is 13.2 Å². The predicted octanol–water partition coefficient (Wildman–Crippen LogP) is 1.41. The van der Waals surface area contributed by atoms with Gasteiger partial charge >= 0.3 is 41.8 Å². The SMILES string of the molecule is CC(=O)OC[C@H]1O[C@@H](SC(=S)NCc2ccccc2)[C@H](OC(C)=O)[C@@H](OC(C)=O)[C@@H]1O[C@@H]1O[C@H](COC(C)=O)[C@@H](OC(C)=O)[C@H](OC(C)=O)[C@H]1OC(C)=O. The number of thiocarbonyl (C=S) groups is 1. The largest absolute Gasteiger partial charge is 0.463 e. The van der Waals surface area contributed by atoms with Gasteiger partial charge in [0.05, 0.1) is 0 Å². The molecule has 3 rings (SSSR count). The Morgan fingerprint density at radius 1 is 0.593 bits per heavy atom. The Labute approximate surface area is 320 Å². The number of thioether (sulfide) groups is 1. The van der Waals surface area contributed by atoms with Crippen molar-refractivity contribution in [3.63, 3.8) is 0 Å². The van der Waals surface area contributed by atoms with Gasteiger partial charge in [-0.15, -0.1) is 0 Å². The van der Waals surface area contributed by atoms with Crippen molar-refractivity contribution in [1.29, 1.82) is 0 Å². The van der Waals surface area contributed by atoms with Gasteiger partial charge in [-0.3, -0.25) is 33.6 Å². The van der Waals surface area contributed by atoms with E-state index in [1.54, 1.807) is 0 Å². The number of carbonyl (C=O) groups excluding carboxylic acids is 7. The van der Waals surface area contributed by atoms with Crippen LogP contribution in [0.4, 0.5) is 0 Å². The first-order chi connectivity index (χ1) is 25.4. The Morgan fingerprint density at radius 3 is 1.54 bits per heavy atom. The van der Waals surface area contributed by atoms with Gasteiger partial charge in [-0.05, 0) is 5.56 Å². The summed E-state index contributed by atoms with van der Waals surface area (Å²) >= 11 is 6.47. The van der Waals surface area contributed by atoms with E-state index in [9.17, 15) is 33.6 Å². The van der Waals surface area contributed by atoms with Gasteiger partial charge in [0.2, 0.25) is 0 Å². The van der Waals surface area contributed by atoms with E-state index in [1.807, 2.05) is 30.3 Å². The van der Waals surface area contributed by atoms with E-state index in [0.29, 0.717) is 6.54 Å². The topological polar surface area (TPSA) is 224 Å². The third kappa shape index (κ3) is 13.8. The van der Waals surface area contributed by atoms with Crippen LogP contribution in [0.2, 0.25) is 0 Å². The summed E-state index contributed by atoms with van der Waals surface area (Å²) in [5.41, 5.74) is -0.282. The Kier molecular flexibility index (Phi) is 17.1. The van der Waals surface area contributed by atoms with Crippen molar-refractivity contribution in [1.82, 2.24) is 5.32 Å². The predicted molar refractivity (Wildman–Crippen MR) is 187 cm³/mol. The van der Waals surface area contributed by atoms with Gasteiger partial charge in [0, 0.05) is 55.0 Å². The van der Waals surface area contributed by atoms with E-state index >= 15 is 0 Å². The highest BCUT2D eigenvalue weighted by molar-refractivity contribution is 8.23. The van der Waals surface area contributed by atoms with E-state index in [4.69, 9.17) is 59.6 Å². The normalized spacial score (nSPS) is 27.6. The lowest BCUT2D eigenvalue weighted by molar-refractivity contribution is -0.341. The lowest BCUT2D eigenvalue weighted by Gasteiger charge is -2.48. The van der Waals surface area contributed by atoms with Crippen molar-refractivity contribution >= 4 is 70.1 Å². The first kappa shape index (κ1) is 44.0. The average Bonchev–Trinajstić information content (AvgIpc) is 3.06. The smallest absolute Gasteiger partial charge is 0.303 e. The molecule has 0 amide bonds. The summed E-state index contributed by atoms with van der Waals surface area (Å²) in [6.07, 6.45) is -13.8. The molecule has 0 aliphatic carbocycles. The zero-order valence-corrected chi connectivity index (χ0v) is 32.2. The van der Waals surface area contributed by atoms with Crippen LogP contribution >= 0.6 is 24.0 Å². The molecule has 0 radical (unpaired) electrons. The summed E-state index contributed by atoms with van der Waals surface area (Å²) in [5, 5.41) is 3.07. The second-order valence-electron chi connectivity index (χ2n) is 11.9. The van der Waals surface area contributed by atoms with Gasteiger partial charge in [-0.25, -0.2) is 0 Å². The van der Waals surface area contributed by atoms with Gasteiger partial charge in [0.25, 0.3) is 0 Å². The maximum atomic E-state index is 12.6. The van der Waals surface area contributed by atoms with Crippen molar-refractivity contribution in [2.45, 2.75) is 116 Å². The number of hydrogen-bond acceptors (Lipinski definition) is 19. The fourth-order valence-electron chi connectivity index (χ4n) is 5.48. The Hall–Kier alpha value is -4.37. The van der Waals surface area contributed by atoms with Crippen LogP contribution in [0.25, 0.3) is 0 Å². The first-order valence-electron chi connectivity index (χ1n) is 16.5. The maximum absolute atomic E-state index is 12.6. The molecule has 0 bridgehead atoms. The lowest BCUT2D eigenvalue weighted by Crippen LogP contribution is -2.67. The Morgan fingerprint density at radius 2 is 1.04 bits per heavy atom. The van der Waals surface area contributed by atoms with Crippen LogP contribution in [0.15, 0.2) is 30.3 Å². The van der Waals surface area contributed by atoms with Gasteiger partial charge in [0.1, 0.15) is 35.8 Å². The molecule has 2 aliphatic rings. The molecule has 0 aromatic heterocycles. The van der Waals surface area contributed by atoms with Gasteiger partial charge < -0.3 is 52.7 Å². The molecule has 18 nitrogen and oxygen atoms in total. The number of ether oxygens (including phenoxy) is 10. The fraction of sp³-hybridized carbons (Fsp3) is 0.588. The van der Waals surface area contributed by atoms with Crippen LogP contribution < -0.4 is 5.32 Å². The molecule has 54 heavy (non-hydrogen) atoms. The number of carbonyl (C=O) groups is 7. The van der Waals surface area contributed by atoms with Gasteiger partial charge in [-0.1, -0.05) is 54.3 Å². The highest BCUT2D eigenvalue weighted by Gasteiger charge is 2.57. The molecule has 1 N–H and O–H groups in total. The molecule has 0 saturated carbocycles. The number of benzene rings is 1.